The van der Waals surface area contributed by atoms with Gasteiger partial charge in [-0.1, -0.05) is 24.3 Å². The van der Waals surface area contributed by atoms with Crippen molar-refractivity contribution >= 4 is 17.7 Å². The van der Waals surface area contributed by atoms with E-state index in [0.717, 1.165) is 43.4 Å². The van der Waals surface area contributed by atoms with E-state index in [2.05, 4.69) is 5.32 Å². The number of benzene rings is 1. The van der Waals surface area contributed by atoms with Gasteiger partial charge in [0.05, 0.1) is 0 Å². The van der Waals surface area contributed by atoms with Crippen molar-refractivity contribution in [3.8, 4) is 0 Å². The van der Waals surface area contributed by atoms with Gasteiger partial charge >= 0.3 is 0 Å². The summed E-state index contributed by atoms with van der Waals surface area (Å²) in [7, 11) is 0. The van der Waals surface area contributed by atoms with Gasteiger partial charge < -0.3 is 15.1 Å². The van der Waals surface area contributed by atoms with Gasteiger partial charge in [-0.05, 0) is 36.8 Å². The second kappa shape index (κ2) is 8.34. The number of amides is 3. The molecule has 1 N–H and O–H groups in total. The summed E-state index contributed by atoms with van der Waals surface area (Å²) >= 11 is 0. The molecule has 2 aliphatic rings. The van der Waals surface area contributed by atoms with Crippen molar-refractivity contribution in [1.29, 1.82) is 0 Å². The molecule has 2 aliphatic heterocycles. The SMILES string of the molecule is CC(=O)N1CCCC[C@H]1C(=O)NCc1ccccc1CN1CCCC1=O. The molecule has 0 radical (unpaired) electrons. The van der Waals surface area contributed by atoms with Gasteiger partial charge in [-0.2, -0.15) is 0 Å². The fourth-order valence-corrected chi connectivity index (χ4v) is 3.84. The Labute approximate surface area is 154 Å². The largest absolute Gasteiger partial charge is 0.350 e. The summed E-state index contributed by atoms with van der Waals surface area (Å²) in [5, 5.41) is 2.99. The molecular weight excluding hydrogens is 330 g/mol. The predicted molar refractivity (Wildman–Crippen MR) is 98.0 cm³/mol. The number of piperidine rings is 1. The second-order valence-corrected chi connectivity index (χ2v) is 7.13. The summed E-state index contributed by atoms with van der Waals surface area (Å²) in [6.07, 6.45) is 4.18. The number of carbonyl (C=O) groups excluding carboxylic acids is 3. The number of hydrogen-bond acceptors (Lipinski definition) is 3. The van der Waals surface area contributed by atoms with E-state index in [4.69, 9.17) is 0 Å². The molecule has 26 heavy (non-hydrogen) atoms. The molecule has 1 atom stereocenters. The molecule has 0 bridgehead atoms. The van der Waals surface area contributed by atoms with Crippen LogP contribution >= 0.6 is 0 Å². The summed E-state index contributed by atoms with van der Waals surface area (Å²) < 4.78 is 0. The minimum atomic E-state index is -0.367. The van der Waals surface area contributed by atoms with Gasteiger partial charge in [-0.3, -0.25) is 14.4 Å². The van der Waals surface area contributed by atoms with Crippen LogP contribution in [0.15, 0.2) is 24.3 Å². The molecule has 3 amide bonds. The number of nitrogens with zero attached hydrogens (tertiary/aromatic N) is 2. The van der Waals surface area contributed by atoms with Crippen LogP contribution in [0.1, 0.15) is 50.2 Å². The first-order valence-corrected chi connectivity index (χ1v) is 9.45. The quantitative estimate of drug-likeness (QED) is 0.874. The van der Waals surface area contributed by atoms with Crippen LogP contribution in [-0.4, -0.2) is 46.7 Å². The van der Waals surface area contributed by atoms with Crippen molar-refractivity contribution in [2.24, 2.45) is 0 Å². The third-order valence-corrected chi connectivity index (χ3v) is 5.31. The monoisotopic (exact) mass is 357 g/mol. The van der Waals surface area contributed by atoms with Crippen LogP contribution in [0.25, 0.3) is 0 Å². The van der Waals surface area contributed by atoms with Crippen molar-refractivity contribution in [2.75, 3.05) is 13.1 Å². The minimum absolute atomic E-state index is 0.0437. The van der Waals surface area contributed by atoms with E-state index in [-0.39, 0.29) is 23.8 Å². The fraction of sp³-hybridized carbons (Fsp3) is 0.550. The van der Waals surface area contributed by atoms with Crippen LogP contribution in [0.4, 0.5) is 0 Å². The van der Waals surface area contributed by atoms with Crippen LogP contribution in [0.3, 0.4) is 0 Å². The summed E-state index contributed by atoms with van der Waals surface area (Å²) in [6.45, 7) is 3.98. The van der Waals surface area contributed by atoms with Crippen molar-refractivity contribution < 1.29 is 14.4 Å². The van der Waals surface area contributed by atoms with Crippen LogP contribution in [-0.2, 0) is 27.5 Å². The minimum Gasteiger partial charge on any atom is -0.350 e. The summed E-state index contributed by atoms with van der Waals surface area (Å²) in [4.78, 5) is 39.8. The van der Waals surface area contributed by atoms with Crippen LogP contribution in [0.5, 0.6) is 0 Å². The highest BCUT2D eigenvalue weighted by molar-refractivity contribution is 5.87. The Balaban J connectivity index is 1.63. The first-order chi connectivity index (χ1) is 12.6. The molecular formula is C20H27N3O3. The third-order valence-electron chi connectivity index (χ3n) is 5.31. The van der Waals surface area contributed by atoms with E-state index in [1.165, 1.54) is 6.92 Å². The van der Waals surface area contributed by atoms with E-state index in [0.29, 0.717) is 26.1 Å². The highest BCUT2D eigenvalue weighted by atomic mass is 16.2. The first kappa shape index (κ1) is 18.4. The topological polar surface area (TPSA) is 69.7 Å². The van der Waals surface area contributed by atoms with E-state index < -0.39 is 0 Å². The van der Waals surface area contributed by atoms with Crippen LogP contribution < -0.4 is 5.32 Å². The zero-order chi connectivity index (χ0) is 18.5. The van der Waals surface area contributed by atoms with Gasteiger partial charge in [0, 0.05) is 39.5 Å². The zero-order valence-electron chi connectivity index (χ0n) is 15.4. The summed E-state index contributed by atoms with van der Waals surface area (Å²) in [5.74, 6) is 0.0629. The lowest BCUT2D eigenvalue weighted by Crippen LogP contribution is -2.51. The normalized spacial score (nSPS) is 20.3. The van der Waals surface area contributed by atoms with Crippen molar-refractivity contribution in [2.45, 2.75) is 58.2 Å². The van der Waals surface area contributed by atoms with E-state index in [9.17, 15) is 14.4 Å². The molecule has 2 fully saturated rings. The maximum Gasteiger partial charge on any atom is 0.243 e. The van der Waals surface area contributed by atoms with Gasteiger partial charge in [0.15, 0.2) is 0 Å². The zero-order valence-corrected chi connectivity index (χ0v) is 15.4. The van der Waals surface area contributed by atoms with E-state index >= 15 is 0 Å². The average Bonchev–Trinajstić information content (AvgIpc) is 3.05. The molecule has 0 aromatic heterocycles. The summed E-state index contributed by atoms with van der Waals surface area (Å²) in [6, 6.07) is 7.53. The fourth-order valence-electron chi connectivity index (χ4n) is 3.84. The van der Waals surface area contributed by atoms with E-state index in [1.54, 1.807) is 4.90 Å². The molecule has 0 saturated carbocycles. The molecule has 1 aromatic rings. The smallest absolute Gasteiger partial charge is 0.243 e. The Morgan fingerprint density at radius 1 is 1.12 bits per heavy atom. The lowest BCUT2D eigenvalue weighted by molar-refractivity contribution is -0.140. The molecule has 140 valence electrons. The van der Waals surface area contributed by atoms with Crippen LogP contribution in [0.2, 0.25) is 0 Å². The van der Waals surface area contributed by atoms with Gasteiger partial charge in [-0.15, -0.1) is 0 Å². The Kier molecular flexibility index (Phi) is 5.91. The highest BCUT2D eigenvalue weighted by Crippen LogP contribution is 2.19. The van der Waals surface area contributed by atoms with Crippen LogP contribution in [0, 0.1) is 0 Å². The molecule has 1 aromatic carbocycles. The summed E-state index contributed by atoms with van der Waals surface area (Å²) in [5.41, 5.74) is 2.08. The molecule has 2 heterocycles. The molecule has 0 aliphatic carbocycles. The van der Waals surface area contributed by atoms with E-state index in [1.807, 2.05) is 29.2 Å². The molecule has 6 nitrogen and oxygen atoms in total. The number of rotatable bonds is 5. The standard InChI is InChI=1S/C20H27N3O3/c1-15(24)23-12-5-4-9-18(23)20(26)21-13-16-7-2-3-8-17(16)14-22-11-6-10-19(22)25/h2-3,7-8,18H,4-6,9-14H2,1H3,(H,21,26)/t18-/m0/s1. The lowest BCUT2D eigenvalue weighted by atomic mass is 10.0. The van der Waals surface area contributed by atoms with Crippen molar-refractivity contribution in [3.05, 3.63) is 35.4 Å². The molecule has 6 heteroatoms. The number of hydrogen-bond donors (Lipinski definition) is 1. The number of likely N-dealkylation sites (tertiary alicyclic amines) is 2. The Morgan fingerprint density at radius 2 is 1.88 bits per heavy atom. The maximum atomic E-state index is 12.6. The Morgan fingerprint density at radius 3 is 2.58 bits per heavy atom. The number of nitrogens with one attached hydrogen (secondary N) is 1. The lowest BCUT2D eigenvalue weighted by Gasteiger charge is -2.34. The molecule has 3 rings (SSSR count). The van der Waals surface area contributed by atoms with Gasteiger partial charge in [0.1, 0.15) is 6.04 Å². The van der Waals surface area contributed by atoms with Gasteiger partial charge in [-0.25, -0.2) is 0 Å². The van der Waals surface area contributed by atoms with Gasteiger partial charge in [0.25, 0.3) is 0 Å². The van der Waals surface area contributed by atoms with Crippen molar-refractivity contribution in [3.63, 3.8) is 0 Å². The first-order valence-electron chi connectivity index (χ1n) is 9.45. The Bertz CT molecular complexity index is 689. The van der Waals surface area contributed by atoms with Crippen molar-refractivity contribution in [1.82, 2.24) is 15.1 Å². The molecule has 0 spiro atoms. The Hall–Kier alpha value is -2.37. The predicted octanol–water partition coefficient (Wildman–Crippen LogP) is 1.83. The average molecular weight is 357 g/mol. The second-order valence-electron chi connectivity index (χ2n) is 7.13. The maximum absolute atomic E-state index is 12.6. The third kappa shape index (κ3) is 4.23. The molecule has 2 saturated heterocycles. The number of carbonyl (C=O) groups is 3. The molecule has 0 unspecified atom stereocenters. The van der Waals surface area contributed by atoms with Gasteiger partial charge in [0.2, 0.25) is 17.7 Å². The highest BCUT2D eigenvalue weighted by Gasteiger charge is 2.30.